The molecule has 1 aliphatic rings. The Kier molecular flexibility index (Phi) is 5.26. The Bertz CT molecular complexity index is 487. The van der Waals surface area contributed by atoms with Gasteiger partial charge in [-0.05, 0) is 37.8 Å². The third kappa shape index (κ3) is 4.35. The number of halogens is 3. The summed E-state index contributed by atoms with van der Waals surface area (Å²) in [5.41, 5.74) is 0.599. The molecular formula is C15H20F3N3O. The first-order chi connectivity index (χ1) is 10.4. The van der Waals surface area contributed by atoms with Crippen molar-refractivity contribution in [3.8, 4) is 0 Å². The smallest absolute Gasteiger partial charge is 0.330 e. The van der Waals surface area contributed by atoms with E-state index in [1.54, 1.807) is 31.3 Å². The summed E-state index contributed by atoms with van der Waals surface area (Å²) in [6.07, 6.45) is -0.292. The lowest BCUT2D eigenvalue weighted by Gasteiger charge is -2.27. The summed E-state index contributed by atoms with van der Waals surface area (Å²) in [7, 11) is 0. The summed E-state index contributed by atoms with van der Waals surface area (Å²) < 4.78 is 39.4. The molecule has 22 heavy (non-hydrogen) atoms. The lowest BCUT2D eigenvalue weighted by molar-refractivity contribution is -0.164. The first-order valence-corrected chi connectivity index (χ1v) is 7.42. The molecule has 7 heteroatoms. The summed E-state index contributed by atoms with van der Waals surface area (Å²) in [6.45, 7) is 1.68. The SMILES string of the molecule is CC(NC(=O)NC(C1CCCC1)C(F)(F)F)c1ccccn1. The molecule has 0 radical (unpaired) electrons. The maximum absolute atomic E-state index is 13.1. The predicted molar refractivity (Wildman–Crippen MR) is 76.1 cm³/mol. The second-order valence-electron chi connectivity index (χ2n) is 5.66. The summed E-state index contributed by atoms with van der Waals surface area (Å²) in [6, 6.07) is 2.14. The van der Waals surface area contributed by atoms with E-state index < -0.39 is 30.2 Å². The van der Waals surface area contributed by atoms with Gasteiger partial charge in [0.05, 0.1) is 11.7 Å². The summed E-state index contributed by atoms with van der Waals surface area (Å²) >= 11 is 0. The topological polar surface area (TPSA) is 54.0 Å². The second-order valence-corrected chi connectivity index (χ2v) is 5.66. The van der Waals surface area contributed by atoms with Crippen LogP contribution in [0, 0.1) is 5.92 Å². The molecule has 1 aromatic rings. The molecule has 1 aromatic heterocycles. The Morgan fingerprint density at radius 1 is 1.27 bits per heavy atom. The molecule has 4 nitrogen and oxygen atoms in total. The van der Waals surface area contributed by atoms with Crippen LogP contribution >= 0.6 is 0 Å². The standard InChI is InChI=1S/C15H20F3N3O/c1-10(12-8-4-5-9-19-12)20-14(22)21-13(15(16,17)18)11-6-2-3-7-11/h4-5,8-11,13H,2-3,6-7H2,1H3,(H2,20,21,22). The minimum absolute atomic E-state index is 0.460. The molecule has 0 bridgehead atoms. The Labute approximate surface area is 127 Å². The van der Waals surface area contributed by atoms with Crippen LogP contribution in [0.5, 0.6) is 0 Å². The van der Waals surface area contributed by atoms with Crippen LogP contribution < -0.4 is 10.6 Å². The highest BCUT2D eigenvalue weighted by molar-refractivity contribution is 5.74. The number of amides is 2. The van der Waals surface area contributed by atoms with Crippen molar-refractivity contribution in [2.45, 2.75) is 50.9 Å². The van der Waals surface area contributed by atoms with Gasteiger partial charge < -0.3 is 10.6 Å². The molecule has 2 N–H and O–H groups in total. The molecule has 1 saturated carbocycles. The number of aromatic nitrogens is 1. The Morgan fingerprint density at radius 2 is 1.95 bits per heavy atom. The molecule has 0 spiro atoms. The van der Waals surface area contributed by atoms with Crippen LogP contribution in [0.2, 0.25) is 0 Å². The number of nitrogens with one attached hydrogen (secondary N) is 2. The van der Waals surface area contributed by atoms with Crippen LogP contribution in [0.25, 0.3) is 0 Å². The van der Waals surface area contributed by atoms with Crippen LogP contribution in [0.3, 0.4) is 0 Å². The van der Waals surface area contributed by atoms with Gasteiger partial charge >= 0.3 is 12.2 Å². The van der Waals surface area contributed by atoms with Crippen molar-refractivity contribution in [2.24, 2.45) is 5.92 Å². The van der Waals surface area contributed by atoms with Gasteiger partial charge in [-0.25, -0.2) is 4.79 Å². The van der Waals surface area contributed by atoms with Gasteiger partial charge in [-0.15, -0.1) is 0 Å². The van der Waals surface area contributed by atoms with Crippen molar-refractivity contribution in [2.75, 3.05) is 0 Å². The zero-order valence-corrected chi connectivity index (χ0v) is 12.4. The molecule has 0 aliphatic heterocycles. The van der Waals surface area contributed by atoms with Gasteiger partial charge in [-0.3, -0.25) is 4.98 Å². The minimum atomic E-state index is -4.43. The lowest BCUT2D eigenvalue weighted by Crippen LogP contribution is -2.53. The average molecular weight is 315 g/mol. The van der Waals surface area contributed by atoms with E-state index in [-0.39, 0.29) is 0 Å². The van der Waals surface area contributed by atoms with Crippen molar-refractivity contribution < 1.29 is 18.0 Å². The fourth-order valence-corrected chi connectivity index (χ4v) is 2.84. The van der Waals surface area contributed by atoms with Crippen molar-refractivity contribution >= 4 is 6.03 Å². The van der Waals surface area contributed by atoms with Crippen LogP contribution in [-0.2, 0) is 0 Å². The third-order valence-corrected chi connectivity index (χ3v) is 3.99. The summed E-state index contributed by atoms with van der Waals surface area (Å²) in [4.78, 5) is 16.0. The number of rotatable bonds is 4. The molecule has 1 fully saturated rings. The van der Waals surface area contributed by atoms with Gasteiger partial charge in [0, 0.05) is 6.20 Å². The molecule has 1 heterocycles. The van der Waals surface area contributed by atoms with Crippen LogP contribution in [0.15, 0.2) is 24.4 Å². The molecule has 2 atom stereocenters. The zero-order chi connectivity index (χ0) is 16.2. The van der Waals surface area contributed by atoms with E-state index in [9.17, 15) is 18.0 Å². The van der Waals surface area contributed by atoms with E-state index in [0.717, 1.165) is 12.8 Å². The fourth-order valence-electron chi connectivity index (χ4n) is 2.84. The van der Waals surface area contributed by atoms with Gasteiger partial charge in [-0.1, -0.05) is 18.9 Å². The summed E-state index contributed by atoms with van der Waals surface area (Å²) in [5, 5.41) is 4.61. The number of carbonyl (C=O) groups is 1. The maximum Gasteiger partial charge on any atom is 0.408 e. The zero-order valence-electron chi connectivity index (χ0n) is 12.4. The third-order valence-electron chi connectivity index (χ3n) is 3.99. The van der Waals surface area contributed by atoms with Crippen LogP contribution in [-0.4, -0.2) is 23.2 Å². The largest absolute Gasteiger partial charge is 0.408 e. The number of hydrogen-bond donors (Lipinski definition) is 2. The number of carbonyl (C=O) groups excluding carboxylic acids is 1. The van der Waals surface area contributed by atoms with E-state index >= 15 is 0 Å². The monoisotopic (exact) mass is 315 g/mol. The number of pyridine rings is 1. The molecule has 122 valence electrons. The first kappa shape index (κ1) is 16.6. The Balaban J connectivity index is 1.96. The van der Waals surface area contributed by atoms with Crippen LogP contribution in [0.1, 0.15) is 44.3 Å². The molecule has 2 rings (SSSR count). The molecule has 2 amide bonds. The van der Waals surface area contributed by atoms with E-state index in [1.165, 1.54) is 0 Å². The summed E-state index contributed by atoms with van der Waals surface area (Å²) in [5.74, 6) is -0.532. The number of urea groups is 1. The van der Waals surface area contributed by atoms with Gasteiger partial charge in [0.2, 0.25) is 0 Å². The Morgan fingerprint density at radius 3 is 2.50 bits per heavy atom. The van der Waals surface area contributed by atoms with Gasteiger partial charge in [0.15, 0.2) is 0 Å². The van der Waals surface area contributed by atoms with Crippen molar-refractivity contribution in [1.82, 2.24) is 15.6 Å². The van der Waals surface area contributed by atoms with E-state index in [4.69, 9.17) is 0 Å². The van der Waals surface area contributed by atoms with E-state index in [2.05, 4.69) is 15.6 Å². The quantitative estimate of drug-likeness (QED) is 0.892. The van der Waals surface area contributed by atoms with Crippen molar-refractivity contribution in [3.63, 3.8) is 0 Å². The normalized spacial score (nSPS) is 18.7. The van der Waals surface area contributed by atoms with Gasteiger partial charge in [0.25, 0.3) is 0 Å². The minimum Gasteiger partial charge on any atom is -0.330 e. The predicted octanol–water partition coefficient (Wildman–Crippen LogP) is 3.56. The molecular weight excluding hydrogens is 295 g/mol. The number of alkyl halides is 3. The lowest BCUT2D eigenvalue weighted by atomic mass is 9.98. The second kappa shape index (κ2) is 6.98. The van der Waals surface area contributed by atoms with Crippen molar-refractivity contribution in [1.29, 1.82) is 0 Å². The molecule has 2 unspecified atom stereocenters. The van der Waals surface area contributed by atoms with Crippen molar-refractivity contribution in [3.05, 3.63) is 30.1 Å². The number of nitrogens with zero attached hydrogens (tertiary/aromatic N) is 1. The highest BCUT2D eigenvalue weighted by Gasteiger charge is 2.46. The van der Waals surface area contributed by atoms with Crippen LogP contribution in [0.4, 0.5) is 18.0 Å². The number of hydrogen-bond acceptors (Lipinski definition) is 2. The van der Waals surface area contributed by atoms with E-state index in [0.29, 0.717) is 18.5 Å². The molecule has 1 aliphatic carbocycles. The maximum atomic E-state index is 13.1. The highest BCUT2D eigenvalue weighted by Crippen LogP contribution is 2.35. The van der Waals surface area contributed by atoms with Gasteiger partial charge in [0.1, 0.15) is 6.04 Å². The molecule has 0 saturated heterocycles. The average Bonchev–Trinajstić information content (AvgIpc) is 2.98. The first-order valence-electron chi connectivity index (χ1n) is 7.42. The van der Waals surface area contributed by atoms with E-state index in [1.807, 2.05) is 0 Å². The highest BCUT2D eigenvalue weighted by atomic mass is 19.4. The fraction of sp³-hybridized carbons (Fsp3) is 0.600. The molecule has 0 aromatic carbocycles. The Hall–Kier alpha value is -1.79. The van der Waals surface area contributed by atoms with Gasteiger partial charge in [-0.2, -0.15) is 13.2 Å².